The molecule has 16 nitrogen and oxygen atoms in total. The molecule has 2 aliphatic carbocycles. The van der Waals surface area contributed by atoms with Gasteiger partial charge in [-0.1, -0.05) is 117 Å². The number of ether oxygens (including phenoxy) is 8. The van der Waals surface area contributed by atoms with Crippen LogP contribution in [0.15, 0.2) is 105 Å². The minimum absolute atomic E-state index is 0.0431. The Hall–Kier alpha value is -4.52. The summed E-state index contributed by atoms with van der Waals surface area (Å²) in [7, 11) is 0. The normalized spacial score (nSPS) is 47.4. The van der Waals surface area contributed by atoms with Gasteiger partial charge in [0.2, 0.25) is 0 Å². The van der Waals surface area contributed by atoms with Crippen molar-refractivity contribution in [2.45, 2.75) is 224 Å². The fourth-order valence-corrected chi connectivity index (χ4v) is 14.1. The van der Waals surface area contributed by atoms with Gasteiger partial charge < -0.3 is 58.5 Å². The summed E-state index contributed by atoms with van der Waals surface area (Å²) in [5.74, 6) is -3.22. The number of oxime groups is 2. The van der Waals surface area contributed by atoms with Crippen LogP contribution in [-0.4, -0.2) is 129 Å². The fourth-order valence-electron chi connectivity index (χ4n) is 14.1. The van der Waals surface area contributed by atoms with E-state index in [0.717, 1.165) is 51.4 Å². The highest BCUT2D eigenvalue weighted by molar-refractivity contribution is 6.07. The van der Waals surface area contributed by atoms with E-state index in [2.05, 4.69) is 90.0 Å². The molecule has 4 N–H and O–H groups in total. The molecule has 0 saturated carbocycles. The minimum Gasteiger partial charge on any atom is -0.462 e. The molecule has 18 atom stereocenters. The molecule has 0 unspecified atom stereocenters. The molecule has 10 aliphatic rings. The number of fused-ring (bicyclic) bond motifs is 4. The first-order valence-electron chi connectivity index (χ1n) is 29.3. The lowest BCUT2D eigenvalue weighted by molar-refractivity contribution is -0.335. The maximum atomic E-state index is 13.9. The molecule has 0 aromatic rings. The first-order chi connectivity index (χ1) is 37.6. The second-order valence-corrected chi connectivity index (χ2v) is 25.0. The molecule has 0 aromatic carbocycles. The Balaban J connectivity index is 0.000000192. The fraction of sp³-hybridized carbons (Fsp3) is 0.683. The molecule has 2 spiro atoms. The first kappa shape index (κ1) is 59.1. The van der Waals surface area contributed by atoms with Crippen LogP contribution in [0.2, 0.25) is 0 Å². The summed E-state index contributed by atoms with van der Waals surface area (Å²) in [6.07, 6.45) is 26.1. The van der Waals surface area contributed by atoms with Crippen molar-refractivity contribution in [2.75, 3.05) is 13.2 Å². The molecule has 0 aromatic heterocycles. The number of aliphatic hydroxyl groups is 2. The van der Waals surface area contributed by atoms with Gasteiger partial charge in [0.1, 0.15) is 58.9 Å². The van der Waals surface area contributed by atoms with E-state index in [1.165, 1.54) is 11.1 Å². The van der Waals surface area contributed by atoms with Crippen LogP contribution in [0.4, 0.5) is 0 Å². The summed E-state index contributed by atoms with van der Waals surface area (Å²) in [4.78, 5) is 27.8. The first-order valence-corrected chi connectivity index (χ1v) is 29.3. The van der Waals surface area contributed by atoms with E-state index in [-0.39, 0.29) is 60.9 Å². The molecule has 4 bridgehead atoms. The molecule has 434 valence electrons. The predicted molar refractivity (Wildman–Crippen MR) is 297 cm³/mol. The van der Waals surface area contributed by atoms with Crippen LogP contribution in [0.1, 0.15) is 153 Å². The average Bonchev–Trinajstić information content (AvgIpc) is 4.00. The van der Waals surface area contributed by atoms with Crippen LogP contribution in [0, 0.1) is 35.5 Å². The minimum atomic E-state index is -1.72. The Morgan fingerprint density at radius 1 is 0.608 bits per heavy atom. The van der Waals surface area contributed by atoms with E-state index >= 15 is 0 Å². The molecule has 16 heteroatoms. The monoisotopic (exact) mass is 1100 g/mol. The Morgan fingerprint density at radius 2 is 1.05 bits per heavy atom. The maximum absolute atomic E-state index is 13.9. The van der Waals surface area contributed by atoms with Crippen molar-refractivity contribution in [3.63, 3.8) is 0 Å². The number of carbonyl (C=O) groups is 2. The van der Waals surface area contributed by atoms with Crippen molar-refractivity contribution in [3.05, 3.63) is 94.2 Å². The van der Waals surface area contributed by atoms with Gasteiger partial charge in [0.15, 0.2) is 11.6 Å². The highest BCUT2D eigenvalue weighted by Crippen LogP contribution is 2.49. The molecule has 6 saturated heterocycles. The standard InChI is InChI=1S/C32H45NO7.C31H43NO7/c1-6-27-21(4)12-13-31(40-27)17-25-16-24(39-31)11-10-20(3)14-19(2)8-7-9-23-18-37-29-28(33-36)22(5)15-26(30(34)38-25)32(23,29)35;1-18-7-6-8-23-17-36-28-27(32-35)21(4)14-26(31(23,28)34)29(33)37-25-15-24(10-9-19(2)13-18)39-30(16-25)12-11-20(3)22(5)38-30/h7-10,15,19,21,24-27,29,35-36H,6,11-14,16-18H2,1-5H3;6-9,14,18,20,22,24-26,28,34-35H,10-13,15-17H2,1-5H3/b8-7-,20-10-,23-9-,33-28-;7-6-,19-9-,23-8-,32-27-/t19-,21-,24+,25-,26-,27+,29+,31+,32+;18-,20-,22+,24+,25-,26-,28+,30-,31+/m00/s1. The molecule has 8 heterocycles. The number of carbonyl (C=O) groups excluding carboxylic acids is 2. The number of rotatable bonds is 1. The van der Waals surface area contributed by atoms with Gasteiger partial charge in [-0.05, 0) is 126 Å². The quantitative estimate of drug-likeness (QED) is 0.0833. The lowest BCUT2D eigenvalue weighted by Crippen LogP contribution is -2.57. The summed E-state index contributed by atoms with van der Waals surface area (Å²) in [6.45, 7) is 21.0. The highest BCUT2D eigenvalue weighted by atomic mass is 16.7. The Morgan fingerprint density at radius 3 is 1.48 bits per heavy atom. The highest BCUT2D eigenvalue weighted by Gasteiger charge is 2.61. The van der Waals surface area contributed by atoms with Crippen LogP contribution >= 0.6 is 0 Å². The summed E-state index contributed by atoms with van der Waals surface area (Å²) < 4.78 is 50.8. The second-order valence-electron chi connectivity index (χ2n) is 25.0. The SMILES string of the molecule is CC1=C[C@H]2C(=O)O[C@H]3C[C@@H](C/C=C(/C)C[C@@H](C)/C=C\C=C4\CO[C@H](/C1=N\O)[C@@]42O)O[C@@]1(CC[C@H](C)[C@@H](C)O1)C3.CC[C@H]1O[C@]2(CC[C@@H]1C)C[C@@H]1C[C@@H](C/C=C(/C)C[C@@H](C)/C=C\C=C3\CO[C@@H]4/C(=N\O)C(C)=C[C@@H](C(=O)O1)[C@]34O)O2. The maximum Gasteiger partial charge on any atom is 0.316 e. The predicted octanol–water partition coefficient (Wildman–Crippen LogP) is 10.4. The van der Waals surface area contributed by atoms with E-state index in [1.807, 2.05) is 24.3 Å². The van der Waals surface area contributed by atoms with Crippen LogP contribution in [-0.2, 0) is 47.5 Å². The summed E-state index contributed by atoms with van der Waals surface area (Å²) in [5.41, 5.74) is 1.84. The molecular weight excluding hydrogens is 1010 g/mol. The molecule has 8 aliphatic heterocycles. The van der Waals surface area contributed by atoms with Crippen molar-refractivity contribution < 1.29 is 68.1 Å². The topological polar surface area (TPSA) is 214 Å². The van der Waals surface area contributed by atoms with Crippen LogP contribution in [0.3, 0.4) is 0 Å². The van der Waals surface area contributed by atoms with E-state index in [4.69, 9.17) is 37.9 Å². The second kappa shape index (κ2) is 24.1. The van der Waals surface area contributed by atoms with Crippen LogP contribution in [0.25, 0.3) is 0 Å². The Kier molecular flexibility index (Phi) is 18.1. The third-order valence-corrected chi connectivity index (χ3v) is 18.7. The van der Waals surface area contributed by atoms with E-state index in [9.17, 15) is 30.2 Å². The molecular formula is C63H88N2O14. The van der Waals surface area contributed by atoms with Gasteiger partial charge in [0.05, 0.1) is 37.6 Å². The smallest absolute Gasteiger partial charge is 0.316 e. The summed E-state index contributed by atoms with van der Waals surface area (Å²) in [5, 5.41) is 50.5. The van der Waals surface area contributed by atoms with E-state index in [0.29, 0.717) is 66.2 Å². The van der Waals surface area contributed by atoms with Crippen molar-refractivity contribution >= 4 is 23.4 Å². The molecule has 0 radical (unpaired) electrons. The van der Waals surface area contributed by atoms with Crippen molar-refractivity contribution in [2.24, 2.45) is 45.8 Å². The average molecular weight is 1100 g/mol. The molecule has 10 rings (SSSR count). The Bertz CT molecular complexity index is 2610. The number of hydrogen-bond donors (Lipinski definition) is 4. The molecule has 6 fully saturated rings. The van der Waals surface area contributed by atoms with Crippen LogP contribution in [0.5, 0.6) is 0 Å². The summed E-state index contributed by atoms with van der Waals surface area (Å²) in [6, 6.07) is 0. The lowest BCUT2D eigenvalue weighted by Gasteiger charge is -2.49. The summed E-state index contributed by atoms with van der Waals surface area (Å²) >= 11 is 0. The zero-order valence-corrected chi connectivity index (χ0v) is 48.2. The van der Waals surface area contributed by atoms with Crippen molar-refractivity contribution in [3.8, 4) is 0 Å². The molecule has 0 amide bonds. The zero-order valence-electron chi connectivity index (χ0n) is 48.2. The van der Waals surface area contributed by atoms with Gasteiger partial charge in [-0.2, -0.15) is 0 Å². The van der Waals surface area contributed by atoms with Crippen molar-refractivity contribution in [1.82, 2.24) is 0 Å². The van der Waals surface area contributed by atoms with Gasteiger partial charge in [-0.3, -0.25) is 9.59 Å². The largest absolute Gasteiger partial charge is 0.462 e. The number of hydrogen-bond acceptors (Lipinski definition) is 16. The van der Waals surface area contributed by atoms with Gasteiger partial charge in [0.25, 0.3) is 0 Å². The van der Waals surface area contributed by atoms with E-state index < -0.39 is 71.0 Å². The third kappa shape index (κ3) is 12.2. The van der Waals surface area contributed by atoms with Crippen LogP contribution < -0.4 is 0 Å². The lowest BCUT2D eigenvalue weighted by atomic mass is 9.71. The zero-order chi connectivity index (χ0) is 56.6. The third-order valence-electron chi connectivity index (χ3n) is 18.7. The van der Waals surface area contributed by atoms with E-state index in [1.54, 1.807) is 26.0 Å². The van der Waals surface area contributed by atoms with Gasteiger partial charge >= 0.3 is 11.9 Å². The van der Waals surface area contributed by atoms with Gasteiger partial charge in [-0.15, -0.1) is 0 Å². The number of nitrogens with zero attached hydrogens (tertiary/aromatic N) is 2. The molecule has 79 heavy (non-hydrogen) atoms. The number of esters is 2. The van der Waals surface area contributed by atoms with Crippen molar-refractivity contribution in [1.29, 1.82) is 0 Å². The van der Waals surface area contributed by atoms with Gasteiger partial charge in [0, 0.05) is 38.5 Å². The van der Waals surface area contributed by atoms with Gasteiger partial charge in [-0.25, -0.2) is 0 Å². The number of allylic oxidation sites excluding steroid dienone is 8. The Labute approximate surface area is 467 Å².